The molecule has 0 radical (unpaired) electrons. The summed E-state index contributed by atoms with van der Waals surface area (Å²) in [6, 6.07) is 17.6. The number of carbonyl (C=O) groups is 1. The number of ether oxygens (including phenoxy) is 2. The van der Waals surface area contributed by atoms with Gasteiger partial charge in [0.15, 0.2) is 0 Å². The maximum Gasteiger partial charge on any atom is 0.421 e. The number of benzene rings is 2. The quantitative estimate of drug-likeness (QED) is 0.101. The Kier molecular flexibility index (Phi) is 13.4. The van der Waals surface area contributed by atoms with E-state index >= 15 is 0 Å². The fourth-order valence-electron chi connectivity index (χ4n) is 6.40. The maximum absolute atomic E-state index is 12.9. The molecule has 1 aliphatic heterocycles. The number of aromatic nitrogens is 1. The number of carbonyl (C=O) groups excluding carboxylic acids is 1. The number of thiophene rings is 1. The smallest absolute Gasteiger partial charge is 0.421 e. The summed E-state index contributed by atoms with van der Waals surface area (Å²) in [7, 11) is 0. The summed E-state index contributed by atoms with van der Waals surface area (Å²) in [5.74, 6) is 0.658. The monoisotopic (exact) mass is 645 g/mol. The van der Waals surface area contributed by atoms with E-state index in [1.165, 1.54) is 66.8 Å². The molecule has 1 saturated heterocycles. The second kappa shape index (κ2) is 18.1. The Morgan fingerprint density at radius 3 is 2.28 bits per heavy atom. The summed E-state index contributed by atoms with van der Waals surface area (Å²) in [5, 5.41) is 4.35. The SMILES string of the molecule is CCCCCCCCCCCCOC(=O)n1c(=O)ccc2ccc(OCCCCN3CCN(c4cccc5sccc45)CC3)cc21. The van der Waals surface area contributed by atoms with Crippen LogP contribution in [0.3, 0.4) is 0 Å². The van der Waals surface area contributed by atoms with Crippen molar-refractivity contribution >= 4 is 44.1 Å². The maximum atomic E-state index is 12.9. The number of anilines is 1. The van der Waals surface area contributed by atoms with Crippen molar-refractivity contribution in [2.24, 2.45) is 0 Å². The highest BCUT2D eigenvalue weighted by molar-refractivity contribution is 7.17. The fraction of sp³-hybridized carbons (Fsp3) is 0.526. The van der Waals surface area contributed by atoms with Crippen molar-refractivity contribution < 1.29 is 14.3 Å². The zero-order valence-corrected chi connectivity index (χ0v) is 28.4. The molecule has 1 fully saturated rings. The largest absolute Gasteiger partial charge is 0.494 e. The van der Waals surface area contributed by atoms with Crippen molar-refractivity contribution in [3.8, 4) is 5.75 Å². The van der Waals surface area contributed by atoms with E-state index in [1.54, 1.807) is 23.5 Å². The summed E-state index contributed by atoms with van der Waals surface area (Å²) in [5.41, 5.74) is 1.49. The fourth-order valence-corrected chi connectivity index (χ4v) is 7.21. The minimum atomic E-state index is -0.615. The molecule has 248 valence electrons. The van der Waals surface area contributed by atoms with E-state index < -0.39 is 6.09 Å². The molecular weight excluding hydrogens is 595 g/mol. The molecular formula is C38H51N3O4S. The zero-order chi connectivity index (χ0) is 32.0. The van der Waals surface area contributed by atoms with E-state index in [9.17, 15) is 9.59 Å². The van der Waals surface area contributed by atoms with E-state index in [1.807, 2.05) is 12.1 Å². The van der Waals surface area contributed by atoms with Crippen molar-refractivity contribution in [1.82, 2.24) is 9.47 Å². The molecule has 0 aliphatic carbocycles. The van der Waals surface area contributed by atoms with E-state index in [2.05, 4.69) is 46.4 Å². The molecule has 46 heavy (non-hydrogen) atoms. The molecule has 1 aliphatic rings. The van der Waals surface area contributed by atoms with Gasteiger partial charge in [-0.3, -0.25) is 9.69 Å². The van der Waals surface area contributed by atoms with Gasteiger partial charge in [-0.15, -0.1) is 11.3 Å². The van der Waals surface area contributed by atoms with Crippen molar-refractivity contribution in [3.05, 3.63) is 70.3 Å². The number of unbranched alkanes of at least 4 members (excludes halogenated alkanes) is 10. The van der Waals surface area contributed by atoms with Crippen LogP contribution in [0.15, 0.2) is 64.8 Å². The minimum Gasteiger partial charge on any atom is -0.494 e. The number of rotatable bonds is 18. The lowest BCUT2D eigenvalue weighted by atomic mass is 10.1. The first-order chi connectivity index (χ1) is 22.6. The topological polar surface area (TPSA) is 64.0 Å². The van der Waals surface area contributed by atoms with E-state index in [0.717, 1.165) is 74.8 Å². The standard InChI is InChI=1S/C38H51N3O4S/c1-2-3-4-5-6-7-8-9-10-12-28-45-38(43)41-35-30-32(19-17-31(35)18-20-37(41)42)44-27-13-11-22-39-23-25-40(26-24-39)34-15-14-16-36-33(34)21-29-46-36/h14-21,29-30H,2-13,22-28H2,1H3. The molecule has 0 N–H and O–H groups in total. The van der Waals surface area contributed by atoms with Crippen LogP contribution >= 0.6 is 11.3 Å². The first-order valence-corrected chi connectivity index (χ1v) is 18.4. The summed E-state index contributed by atoms with van der Waals surface area (Å²) in [6.07, 6.45) is 13.5. The van der Waals surface area contributed by atoms with E-state index in [0.29, 0.717) is 24.5 Å². The Balaban J connectivity index is 1.01. The zero-order valence-electron chi connectivity index (χ0n) is 27.6. The van der Waals surface area contributed by atoms with Gasteiger partial charge in [0.2, 0.25) is 0 Å². The van der Waals surface area contributed by atoms with Crippen LogP contribution in [0.1, 0.15) is 84.0 Å². The molecule has 0 spiro atoms. The van der Waals surface area contributed by atoms with Crippen LogP contribution in [0, 0.1) is 0 Å². The molecule has 0 amide bonds. The molecule has 2 aromatic heterocycles. The van der Waals surface area contributed by atoms with Crippen LogP contribution in [-0.2, 0) is 4.74 Å². The summed E-state index contributed by atoms with van der Waals surface area (Å²) in [4.78, 5) is 30.7. The highest BCUT2D eigenvalue weighted by Gasteiger charge is 2.19. The van der Waals surface area contributed by atoms with Crippen molar-refractivity contribution in [3.63, 3.8) is 0 Å². The first kappa shape index (κ1) is 34.0. The van der Waals surface area contributed by atoms with Crippen LogP contribution in [0.5, 0.6) is 5.75 Å². The van der Waals surface area contributed by atoms with Gasteiger partial charge in [-0.25, -0.2) is 9.36 Å². The van der Waals surface area contributed by atoms with Crippen molar-refractivity contribution in [1.29, 1.82) is 0 Å². The lowest BCUT2D eigenvalue weighted by molar-refractivity contribution is 0.145. The molecule has 0 unspecified atom stereocenters. The summed E-state index contributed by atoms with van der Waals surface area (Å²) < 4.78 is 14.1. The normalized spacial score (nSPS) is 13.9. The second-order valence-corrected chi connectivity index (χ2v) is 13.5. The van der Waals surface area contributed by atoms with Gasteiger partial charge in [0.05, 0.1) is 18.7 Å². The Morgan fingerprint density at radius 2 is 1.50 bits per heavy atom. The molecule has 2 aromatic carbocycles. The second-order valence-electron chi connectivity index (χ2n) is 12.5. The highest BCUT2D eigenvalue weighted by atomic mass is 32.1. The Labute approximate surface area is 278 Å². The number of nitrogens with zero attached hydrogens (tertiary/aromatic N) is 3. The van der Waals surface area contributed by atoms with Gasteiger partial charge in [0.1, 0.15) is 5.75 Å². The summed E-state index contributed by atoms with van der Waals surface area (Å²) >= 11 is 1.81. The summed E-state index contributed by atoms with van der Waals surface area (Å²) in [6.45, 7) is 8.45. The molecule has 4 aromatic rings. The van der Waals surface area contributed by atoms with Gasteiger partial charge >= 0.3 is 6.09 Å². The van der Waals surface area contributed by atoms with Crippen LogP contribution in [0.4, 0.5) is 10.5 Å². The molecule has 0 bridgehead atoms. The van der Waals surface area contributed by atoms with Crippen LogP contribution in [0.25, 0.3) is 21.0 Å². The molecule has 5 rings (SSSR count). The number of hydrogen-bond acceptors (Lipinski definition) is 7. The van der Waals surface area contributed by atoms with Gasteiger partial charge in [0.25, 0.3) is 5.56 Å². The Morgan fingerprint density at radius 1 is 0.783 bits per heavy atom. The third-order valence-electron chi connectivity index (χ3n) is 9.10. The average molecular weight is 646 g/mol. The van der Waals surface area contributed by atoms with Gasteiger partial charge in [-0.05, 0) is 73.0 Å². The van der Waals surface area contributed by atoms with Crippen LogP contribution in [0.2, 0.25) is 0 Å². The van der Waals surface area contributed by atoms with Crippen LogP contribution < -0.4 is 15.2 Å². The Hall–Kier alpha value is -3.36. The third-order valence-corrected chi connectivity index (χ3v) is 9.98. The predicted molar refractivity (Wildman–Crippen MR) is 192 cm³/mol. The van der Waals surface area contributed by atoms with E-state index in [-0.39, 0.29) is 5.56 Å². The van der Waals surface area contributed by atoms with Gasteiger partial charge in [0, 0.05) is 54.1 Å². The van der Waals surface area contributed by atoms with E-state index in [4.69, 9.17) is 9.47 Å². The third kappa shape index (κ3) is 9.58. The van der Waals surface area contributed by atoms with Gasteiger partial charge < -0.3 is 14.4 Å². The van der Waals surface area contributed by atoms with Crippen molar-refractivity contribution in [2.45, 2.75) is 84.0 Å². The number of fused-ring (bicyclic) bond motifs is 2. The van der Waals surface area contributed by atoms with Gasteiger partial charge in [-0.2, -0.15) is 0 Å². The molecule has 8 heteroatoms. The first-order valence-electron chi connectivity index (χ1n) is 17.5. The van der Waals surface area contributed by atoms with Gasteiger partial charge in [-0.1, -0.05) is 70.8 Å². The van der Waals surface area contributed by atoms with Crippen LogP contribution in [-0.4, -0.2) is 61.5 Å². The average Bonchev–Trinajstić information content (AvgIpc) is 3.57. The lowest BCUT2D eigenvalue weighted by Crippen LogP contribution is -2.46. The Bertz CT molecular complexity index is 1570. The lowest BCUT2D eigenvalue weighted by Gasteiger charge is -2.36. The van der Waals surface area contributed by atoms with Crippen molar-refractivity contribution in [2.75, 3.05) is 50.8 Å². The molecule has 3 heterocycles. The number of piperazine rings is 1. The minimum absolute atomic E-state index is 0.328. The predicted octanol–water partition coefficient (Wildman–Crippen LogP) is 9.10. The molecule has 0 atom stereocenters. The highest BCUT2D eigenvalue weighted by Crippen LogP contribution is 2.31. The number of pyridine rings is 1. The molecule has 7 nitrogen and oxygen atoms in total. The number of hydrogen-bond donors (Lipinski definition) is 0. The molecule has 0 saturated carbocycles.